The van der Waals surface area contributed by atoms with Gasteiger partial charge in [-0.05, 0) is 54.9 Å². The topological polar surface area (TPSA) is 27.7 Å². The highest BCUT2D eigenvalue weighted by Gasteiger charge is 2.34. The van der Waals surface area contributed by atoms with Crippen LogP contribution in [0.15, 0.2) is 42.5 Å². The fourth-order valence-electron chi connectivity index (χ4n) is 3.61. The molecule has 1 heterocycles. The third-order valence-electron chi connectivity index (χ3n) is 5.44. The van der Waals surface area contributed by atoms with Gasteiger partial charge in [-0.2, -0.15) is 13.2 Å². The number of aryl methyl sites for hydroxylation is 1. The molecule has 1 fully saturated rings. The molecule has 1 N–H and O–H groups in total. The molecular formula is C23H27ClF3N3OS. The van der Waals surface area contributed by atoms with E-state index >= 15 is 0 Å². The van der Waals surface area contributed by atoms with Crippen LogP contribution in [-0.2, 0) is 17.5 Å². The fourth-order valence-corrected chi connectivity index (χ4v) is 4.05. The number of anilines is 1. The minimum Gasteiger partial charge on any atom is -0.379 e. The second-order valence-corrected chi connectivity index (χ2v) is 8.60. The highest BCUT2D eigenvalue weighted by molar-refractivity contribution is 7.80. The molecule has 32 heavy (non-hydrogen) atoms. The summed E-state index contributed by atoms with van der Waals surface area (Å²) in [5.74, 6) is 0. The predicted molar refractivity (Wildman–Crippen MR) is 126 cm³/mol. The van der Waals surface area contributed by atoms with Gasteiger partial charge in [-0.25, -0.2) is 0 Å². The summed E-state index contributed by atoms with van der Waals surface area (Å²) < 4.78 is 45.9. The van der Waals surface area contributed by atoms with Gasteiger partial charge in [0.1, 0.15) is 0 Å². The lowest BCUT2D eigenvalue weighted by molar-refractivity contribution is -0.136. The molecule has 0 spiro atoms. The van der Waals surface area contributed by atoms with E-state index in [0.29, 0.717) is 13.1 Å². The van der Waals surface area contributed by atoms with Crippen molar-refractivity contribution in [1.82, 2.24) is 9.80 Å². The van der Waals surface area contributed by atoms with Crippen molar-refractivity contribution >= 4 is 34.6 Å². The lowest BCUT2D eigenvalue weighted by Crippen LogP contribution is -2.40. The number of rotatable bonds is 7. The van der Waals surface area contributed by atoms with Crippen molar-refractivity contribution in [3.63, 3.8) is 0 Å². The van der Waals surface area contributed by atoms with Gasteiger partial charge in [-0.1, -0.05) is 35.9 Å². The van der Waals surface area contributed by atoms with Crippen molar-refractivity contribution < 1.29 is 17.9 Å². The maximum Gasteiger partial charge on any atom is 0.418 e. The summed E-state index contributed by atoms with van der Waals surface area (Å²) in [7, 11) is 0. The van der Waals surface area contributed by atoms with Crippen LogP contribution in [0.3, 0.4) is 0 Å². The number of benzene rings is 2. The molecule has 1 aliphatic rings. The zero-order chi connectivity index (χ0) is 23.1. The SMILES string of the molecule is Cc1ccccc1CN(CCCN1CCOCC1)C(=S)Nc1ccc(Cl)cc1C(F)(F)F. The first kappa shape index (κ1) is 24.8. The average Bonchev–Trinajstić information content (AvgIpc) is 2.75. The third kappa shape index (κ3) is 7.07. The molecule has 0 atom stereocenters. The van der Waals surface area contributed by atoms with Gasteiger partial charge in [0.25, 0.3) is 0 Å². The number of alkyl halides is 3. The van der Waals surface area contributed by atoms with Crippen LogP contribution >= 0.6 is 23.8 Å². The van der Waals surface area contributed by atoms with Crippen LogP contribution in [0, 0.1) is 6.92 Å². The van der Waals surface area contributed by atoms with Gasteiger partial charge in [0.15, 0.2) is 5.11 Å². The van der Waals surface area contributed by atoms with E-state index in [2.05, 4.69) is 10.2 Å². The van der Waals surface area contributed by atoms with Gasteiger partial charge in [0, 0.05) is 37.7 Å². The van der Waals surface area contributed by atoms with Crippen molar-refractivity contribution in [2.24, 2.45) is 0 Å². The highest BCUT2D eigenvalue weighted by atomic mass is 35.5. The molecule has 0 aromatic heterocycles. The van der Waals surface area contributed by atoms with E-state index in [9.17, 15) is 13.2 Å². The van der Waals surface area contributed by atoms with Crippen molar-refractivity contribution in [3.05, 3.63) is 64.2 Å². The number of ether oxygens (including phenoxy) is 1. The zero-order valence-corrected chi connectivity index (χ0v) is 19.5. The first-order valence-corrected chi connectivity index (χ1v) is 11.3. The molecule has 174 valence electrons. The predicted octanol–water partition coefficient (Wildman–Crippen LogP) is 5.59. The normalized spacial score (nSPS) is 14.9. The van der Waals surface area contributed by atoms with Crippen LogP contribution in [0.1, 0.15) is 23.1 Å². The monoisotopic (exact) mass is 485 g/mol. The fraction of sp³-hybridized carbons (Fsp3) is 0.435. The molecule has 0 radical (unpaired) electrons. The summed E-state index contributed by atoms with van der Waals surface area (Å²) in [5.41, 5.74) is 1.25. The minimum atomic E-state index is -4.54. The van der Waals surface area contributed by atoms with E-state index in [-0.39, 0.29) is 15.8 Å². The highest BCUT2D eigenvalue weighted by Crippen LogP contribution is 2.36. The van der Waals surface area contributed by atoms with Crippen LogP contribution in [0.5, 0.6) is 0 Å². The van der Waals surface area contributed by atoms with Crippen LogP contribution in [0.2, 0.25) is 5.02 Å². The summed E-state index contributed by atoms with van der Waals surface area (Å²) in [5, 5.41) is 3.09. The Bertz CT molecular complexity index is 920. The number of morpholine rings is 1. The Hall–Kier alpha value is -1.87. The second kappa shape index (κ2) is 11.3. The number of thiocarbonyl (C=S) groups is 1. The van der Waals surface area contributed by atoms with Gasteiger partial charge >= 0.3 is 6.18 Å². The molecule has 0 amide bonds. The quantitative estimate of drug-likeness (QED) is 0.516. The molecule has 1 saturated heterocycles. The maximum atomic E-state index is 13.5. The molecule has 0 saturated carbocycles. The van der Waals surface area contributed by atoms with Crippen LogP contribution in [-0.4, -0.2) is 54.3 Å². The average molecular weight is 486 g/mol. The van der Waals surface area contributed by atoms with Crippen LogP contribution in [0.4, 0.5) is 18.9 Å². The van der Waals surface area contributed by atoms with Crippen molar-refractivity contribution in [2.45, 2.75) is 26.1 Å². The maximum absolute atomic E-state index is 13.5. The number of hydrogen-bond acceptors (Lipinski definition) is 3. The van der Waals surface area contributed by atoms with Crippen LogP contribution < -0.4 is 5.32 Å². The Morgan fingerprint density at radius 2 is 1.91 bits per heavy atom. The molecule has 9 heteroatoms. The molecule has 0 aliphatic carbocycles. The van der Waals surface area contributed by atoms with Crippen molar-refractivity contribution in [3.8, 4) is 0 Å². The molecule has 4 nitrogen and oxygen atoms in total. The standard InChI is InChI=1S/C23H27ClF3N3OS/c1-17-5-2-3-6-18(17)16-30(10-4-9-29-11-13-31-14-12-29)22(32)28-21-8-7-19(24)15-20(21)23(25,26)27/h2-3,5-8,15H,4,9-14,16H2,1H3,(H,28,32). The number of nitrogens with zero attached hydrogens (tertiary/aromatic N) is 2. The molecular weight excluding hydrogens is 459 g/mol. The Labute approximate surface area is 197 Å². The first-order valence-electron chi connectivity index (χ1n) is 10.5. The Morgan fingerprint density at radius 1 is 1.19 bits per heavy atom. The summed E-state index contributed by atoms with van der Waals surface area (Å²) in [6.07, 6.45) is -3.71. The zero-order valence-electron chi connectivity index (χ0n) is 17.9. The largest absolute Gasteiger partial charge is 0.418 e. The molecule has 0 unspecified atom stereocenters. The van der Waals surface area contributed by atoms with E-state index in [1.165, 1.54) is 12.1 Å². The van der Waals surface area contributed by atoms with E-state index in [1.807, 2.05) is 36.1 Å². The third-order valence-corrected chi connectivity index (χ3v) is 6.04. The lowest BCUT2D eigenvalue weighted by atomic mass is 10.1. The summed E-state index contributed by atoms with van der Waals surface area (Å²) in [6.45, 7) is 7.25. The van der Waals surface area contributed by atoms with Crippen molar-refractivity contribution in [2.75, 3.05) is 44.7 Å². The van der Waals surface area contributed by atoms with E-state index in [0.717, 1.165) is 56.5 Å². The van der Waals surface area contributed by atoms with Gasteiger partial charge in [-0.3, -0.25) is 4.90 Å². The van der Waals surface area contributed by atoms with Crippen LogP contribution in [0.25, 0.3) is 0 Å². The minimum absolute atomic E-state index is 0.0241. The molecule has 2 aromatic rings. The molecule has 2 aromatic carbocycles. The summed E-state index contributed by atoms with van der Waals surface area (Å²) in [6, 6.07) is 11.6. The Kier molecular flexibility index (Phi) is 8.76. The summed E-state index contributed by atoms with van der Waals surface area (Å²) in [4.78, 5) is 4.25. The van der Waals surface area contributed by atoms with Crippen molar-refractivity contribution in [1.29, 1.82) is 0 Å². The second-order valence-electron chi connectivity index (χ2n) is 7.77. The smallest absolute Gasteiger partial charge is 0.379 e. The Morgan fingerprint density at radius 3 is 2.59 bits per heavy atom. The van der Waals surface area contributed by atoms with E-state index < -0.39 is 11.7 Å². The Balaban J connectivity index is 1.74. The number of nitrogens with one attached hydrogen (secondary N) is 1. The molecule has 3 rings (SSSR count). The van der Waals surface area contributed by atoms with Gasteiger partial charge in [-0.15, -0.1) is 0 Å². The summed E-state index contributed by atoms with van der Waals surface area (Å²) >= 11 is 11.4. The molecule has 1 aliphatic heterocycles. The number of halogens is 4. The number of hydrogen-bond donors (Lipinski definition) is 1. The van der Waals surface area contributed by atoms with E-state index in [1.54, 1.807) is 0 Å². The van der Waals surface area contributed by atoms with E-state index in [4.69, 9.17) is 28.6 Å². The lowest BCUT2D eigenvalue weighted by Gasteiger charge is -2.30. The first-order chi connectivity index (χ1) is 15.2. The van der Waals surface area contributed by atoms with Gasteiger partial charge < -0.3 is 15.0 Å². The van der Waals surface area contributed by atoms with Gasteiger partial charge in [0.2, 0.25) is 0 Å². The molecule has 0 bridgehead atoms. The van der Waals surface area contributed by atoms with Gasteiger partial charge in [0.05, 0.1) is 24.5 Å².